The molecule has 1 spiro atoms. The quantitative estimate of drug-likeness (QED) is 0.142. The Kier molecular flexibility index (Phi) is 11.0. The number of hydrogen-bond donors (Lipinski definition) is 4. The summed E-state index contributed by atoms with van der Waals surface area (Å²) in [7, 11) is 2.60. The zero-order chi connectivity index (χ0) is 41.6. The fourth-order valence-electron chi connectivity index (χ4n) is 9.94. The number of likely N-dealkylation sites (tertiary alicyclic amines) is 2. The van der Waals surface area contributed by atoms with E-state index >= 15 is 0 Å². The first-order chi connectivity index (χ1) is 28.4. The van der Waals surface area contributed by atoms with Crippen LogP contribution in [0.5, 0.6) is 0 Å². The molecule has 2 fully saturated rings. The minimum atomic E-state index is -0.678. The molecule has 2 saturated heterocycles. The SMILES string of the molecule is COC(=O)N[C@H](C(=O)N1CCC[C@H]1c1ncc(-c2ccc3c(c2)CC2(C3)Cc3ccc(-c4cnc([C@@H]5CCCN5C(=O)[C@@H](NC(=O)OC)C(C)C)[nH]4)cc3C2)[nH]1)C(C)C. The highest BCUT2D eigenvalue weighted by molar-refractivity contribution is 5.87. The Labute approximate surface area is 345 Å². The highest BCUT2D eigenvalue weighted by Crippen LogP contribution is 2.48. The van der Waals surface area contributed by atoms with Crippen LogP contribution in [0.25, 0.3) is 22.5 Å². The molecule has 14 heteroatoms. The van der Waals surface area contributed by atoms with Crippen molar-refractivity contribution in [3.05, 3.63) is 82.7 Å². The van der Waals surface area contributed by atoms with Crippen LogP contribution in [0.3, 0.4) is 0 Å². The number of rotatable bonds is 10. The Hall–Kier alpha value is -5.66. The number of fused-ring (bicyclic) bond motifs is 2. The molecule has 4 amide bonds. The first-order valence-electron chi connectivity index (χ1n) is 21.0. The number of alkyl carbamates (subject to hydrolysis) is 2. The van der Waals surface area contributed by atoms with Crippen molar-refractivity contribution in [2.24, 2.45) is 17.3 Å². The number of hydrogen-bond acceptors (Lipinski definition) is 8. The van der Waals surface area contributed by atoms with Gasteiger partial charge in [-0.05, 0) is 114 Å². The predicted molar refractivity (Wildman–Crippen MR) is 221 cm³/mol. The molecule has 0 unspecified atom stereocenters. The number of amides is 4. The molecule has 0 radical (unpaired) electrons. The number of aromatic nitrogens is 4. The summed E-state index contributed by atoms with van der Waals surface area (Å²) in [6.45, 7) is 8.89. The van der Waals surface area contributed by atoms with Crippen LogP contribution in [0.1, 0.15) is 99.4 Å². The van der Waals surface area contributed by atoms with Gasteiger partial charge in [0.05, 0.1) is 50.1 Å². The first kappa shape index (κ1) is 40.1. The van der Waals surface area contributed by atoms with Crippen LogP contribution in [0.2, 0.25) is 0 Å². The molecule has 4 aliphatic rings. The van der Waals surface area contributed by atoms with Gasteiger partial charge in [0.1, 0.15) is 23.7 Å². The third kappa shape index (κ3) is 7.81. The van der Waals surface area contributed by atoms with E-state index in [9.17, 15) is 19.2 Å². The maximum absolute atomic E-state index is 13.7. The Balaban J connectivity index is 0.934. The Morgan fingerprint density at radius 3 is 1.46 bits per heavy atom. The second-order valence-corrected chi connectivity index (χ2v) is 17.6. The fourth-order valence-corrected chi connectivity index (χ4v) is 9.94. The monoisotopic (exact) mass is 804 g/mol. The standard InChI is InChI=1S/C45H56N8O6/c1-25(2)37(50-43(56)58-5)41(54)52-15-7-9-35(52)39-46-23-33(48-39)27-11-13-29-19-45(21-31(29)17-27)20-30-14-12-28(18-32(30)22-45)34-24-47-40(49-34)36-10-8-16-53(36)42(55)38(26(3)4)51-44(57)59-6/h11-14,17-18,23-26,35-38H,7-10,15-16,19-22H2,1-6H3,(H,46,48)(H,47,49)(H,50,56)(H,51,57)/t35-,36-,37-,38-,45?/m0/s1. The molecular weight excluding hydrogens is 749 g/mol. The molecule has 4 heterocycles. The van der Waals surface area contributed by atoms with Gasteiger partial charge in [-0.15, -0.1) is 0 Å². The molecule has 0 saturated carbocycles. The lowest BCUT2D eigenvalue weighted by Crippen LogP contribution is -2.51. The van der Waals surface area contributed by atoms with Crippen molar-refractivity contribution in [1.82, 2.24) is 40.4 Å². The van der Waals surface area contributed by atoms with Gasteiger partial charge in [0.25, 0.3) is 0 Å². The molecule has 0 bridgehead atoms. The van der Waals surface area contributed by atoms with Crippen LogP contribution in [-0.4, -0.2) is 93.1 Å². The maximum Gasteiger partial charge on any atom is 0.407 e. The van der Waals surface area contributed by atoms with Crippen molar-refractivity contribution in [3.63, 3.8) is 0 Å². The molecule has 2 aliphatic carbocycles. The number of carbonyl (C=O) groups is 4. The van der Waals surface area contributed by atoms with E-state index in [0.29, 0.717) is 13.1 Å². The number of nitrogens with zero attached hydrogens (tertiary/aromatic N) is 4. The summed E-state index contributed by atoms with van der Waals surface area (Å²) in [5.41, 5.74) is 9.67. The van der Waals surface area contributed by atoms with Gasteiger partial charge < -0.3 is 39.9 Å². The summed E-state index contributed by atoms with van der Waals surface area (Å²) in [6, 6.07) is 11.8. The van der Waals surface area contributed by atoms with Crippen LogP contribution < -0.4 is 10.6 Å². The Bertz CT molecular complexity index is 2090. The van der Waals surface area contributed by atoms with E-state index in [0.717, 1.165) is 85.5 Å². The molecule has 2 aromatic carbocycles. The van der Waals surface area contributed by atoms with Gasteiger partial charge >= 0.3 is 12.2 Å². The van der Waals surface area contributed by atoms with Crippen molar-refractivity contribution in [2.75, 3.05) is 27.3 Å². The number of ether oxygens (including phenoxy) is 2. The molecule has 312 valence electrons. The normalized spacial score (nSPS) is 20.2. The van der Waals surface area contributed by atoms with Gasteiger partial charge in [0.15, 0.2) is 0 Å². The van der Waals surface area contributed by atoms with E-state index in [1.54, 1.807) is 0 Å². The van der Waals surface area contributed by atoms with Gasteiger partial charge in [0, 0.05) is 13.1 Å². The number of carbonyl (C=O) groups excluding carboxylic acids is 4. The lowest BCUT2D eigenvalue weighted by molar-refractivity contribution is -0.136. The molecule has 2 aliphatic heterocycles. The smallest absolute Gasteiger partial charge is 0.407 e. The van der Waals surface area contributed by atoms with Crippen LogP contribution in [0.15, 0.2) is 48.8 Å². The zero-order valence-electron chi connectivity index (χ0n) is 34.9. The number of H-pyrrole nitrogens is 2. The van der Waals surface area contributed by atoms with E-state index in [1.165, 1.54) is 36.5 Å². The average Bonchev–Trinajstić information content (AvgIpc) is 4.08. The van der Waals surface area contributed by atoms with Crippen LogP contribution in [0.4, 0.5) is 9.59 Å². The third-order valence-electron chi connectivity index (χ3n) is 13.0. The van der Waals surface area contributed by atoms with Crippen molar-refractivity contribution in [1.29, 1.82) is 0 Å². The van der Waals surface area contributed by atoms with Crippen LogP contribution in [0, 0.1) is 17.3 Å². The topological polar surface area (TPSA) is 175 Å². The fraction of sp³-hybridized carbons (Fsp3) is 0.511. The van der Waals surface area contributed by atoms with Gasteiger partial charge in [-0.3, -0.25) is 9.59 Å². The summed E-state index contributed by atoms with van der Waals surface area (Å²) in [5, 5.41) is 5.44. The number of benzene rings is 2. The van der Waals surface area contributed by atoms with Crippen molar-refractivity contribution >= 4 is 24.0 Å². The summed E-state index contributed by atoms with van der Waals surface area (Å²) >= 11 is 0. The highest BCUT2D eigenvalue weighted by atomic mass is 16.5. The second kappa shape index (κ2) is 16.2. The molecule has 4 atom stereocenters. The lowest BCUT2D eigenvalue weighted by atomic mass is 9.82. The highest BCUT2D eigenvalue weighted by Gasteiger charge is 2.43. The molecule has 8 rings (SSSR count). The van der Waals surface area contributed by atoms with Crippen molar-refractivity contribution in [3.8, 4) is 22.5 Å². The Morgan fingerprint density at radius 2 is 1.07 bits per heavy atom. The van der Waals surface area contributed by atoms with E-state index in [2.05, 4.69) is 57.0 Å². The molecule has 2 aromatic heterocycles. The van der Waals surface area contributed by atoms with E-state index in [4.69, 9.17) is 19.4 Å². The van der Waals surface area contributed by atoms with Gasteiger partial charge in [-0.2, -0.15) is 0 Å². The Morgan fingerprint density at radius 1 is 0.661 bits per heavy atom. The number of nitrogens with one attached hydrogen (secondary N) is 4. The van der Waals surface area contributed by atoms with Crippen molar-refractivity contribution in [2.45, 2.75) is 103 Å². The lowest BCUT2D eigenvalue weighted by Gasteiger charge is -2.30. The predicted octanol–water partition coefficient (Wildman–Crippen LogP) is 6.44. The minimum absolute atomic E-state index is 0.0967. The number of imidazole rings is 2. The molecular formula is C45H56N8O6. The van der Waals surface area contributed by atoms with Gasteiger partial charge in [0.2, 0.25) is 11.8 Å². The zero-order valence-corrected chi connectivity index (χ0v) is 34.9. The average molecular weight is 805 g/mol. The molecule has 59 heavy (non-hydrogen) atoms. The van der Waals surface area contributed by atoms with E-state index in [1.807, 2.05) is 49.9 Å². The van der Waals surface area contributed by atoms with Gasteiger partial charge in [-0.25, -0.2) is 19.6 Å². The summed E-state index contributed by atoms with van der Waals surface area (Å²) in [5.74, 6) is 1.09. The second-order valence-electron chi connectivity index (χ2n) is 17.6. The van der Waals surface area contributed by atoms with Crippen LogP contribution >= 0.6 is 0 Å². The molecule has 4 aromatic rings. The number of methoxy groups -OCH3 is 2. The minimum Gasteiger partial charge on any atom is -0.453 e. The van der Waals surface area contributed by atoms with Crippen molar-refractivity contribution < 1.29 is 28.7 Å². The van der Waals surface area contributed by atoms with E-state index < -0.39 is 24.3 Å². The summed E-state index contributed by atoms with van der Waals surface area (Å²) < 4.78 is 9.58. The third-order valence-corrected chi connectivity index (χ3v) is 13.0. The van der Waals surface area contributed by atoms with Crippen LogP contribution in [-0.2, 0) is 44.7 Å². The maximum atomic E-state index is 13.7. The molecule has 14 nitrogen and oxygen atoms in total. The van der Waals surface area contributed by atoms with Gasteiger partial charge in [-0.1, -0.05) is 52.0 Å². The molecule has 4 N–H and O–H groups in total. The number of aromatic amines is 2. The summed E-state index contributed by atoms with van der Waals surface area (Å²) in [4.78, 5) is 71.7. The first-order valence-corrected chi connectivity index (χ1v) is 21.0. The summed E-state index contributed by atoms with van der Waals surface area (Å²) in [6.07, 6.45) is 9.89. The largest absolute Gasteiger partial charge is 0.453 e. The van der Waals surface area contributed by atoms with E-state index in [-0.39, 0.29) is 41.1 Å².